The molecule has 0 unspecified atom stereocenters. The summed E-state index contributed by atoms with van der Waals surface area (Å²) in [6.45, 7) is 4.66. The van der Waals surface area contributed by atoms with E-state index in [1.807, 2.05) is 33.0 Å². The Morgan fingerprint density at radius 1 is 1.38 bits per heavy atom. The molecule has 0 bridgehead atoms. The number of hydrogen-bond acceptors (Lipinski definition) is 3. The molecule has 0 aliphatic carbocycles. The number of nitrogens with one attached hydrogen (secondary N) is 1. The van der Waals surface area contributed by atoms with Crippen molar-refractivity contribution in [3.8, 4) is 11.5 Å². The average Bonchev–Trinajstić information content (AvgIpc) is 2.21. The summed E-state index contributed by atoms with van der Waals surface area (Å²) < 4.78 is 10.9. The van der Waals surface area contributed by atoms with Gasteiger partial charge in [0.25, 0.3) is 0 Å². The molecule has 90 valence electrons. The Kier molecular flexibility index (Phi) is 4.90. The molecule has 0 aliphatic rings. The third-order valence-electron chi connectivity index (χ3n) is 2.02. The van der Waals surface area contributed by atoms with Crippen molar-refractivity contribution in [1.29, 1.82) is 0 Å². The van der Waals surface area contributed by atoms with Crippen molar-refractivity contribution in [2.45, 2.75) is 26.5 Å². The van der Waals surface area contributed by atoms with Gasteiger partial charge in [0.1, 0.15) is 0 Å². The van der Waals surface area contributed by atoms with E-state index in [0.717, 1.165) is 12.1 Å². The predicted molar refractivity (Wildman–Crippen MR) is 66.5 cm³/mol. The molecule has 3 nitrogen and oxygen atoms in total. The summed E-state index contributed by atoms with van der Waals surface area (Å²) in [5.74, 6) is 1.28. The molecule has 1 rings (SSSR count). The van der Waals surface area contributed by atoms with Gasteiger partial charge in [-0.15, -0.1) is 0 Å². The number of hydrogen-bond donors (Lipinski definition) is 1. The van der Waals surface area contributed by atoms with E-state index in [-0.39, 0.29) is 6.10 Å². The molecule has 0 heterocycles. The van der Waals surface area contributed by atoms with Gasteiger partial charge in [-0.3, -0.25) is 0 Å². The molecule has 0 aromatic heterocycles. The van der Waals surface area contributed by atoms with Crippen LogP contribution in [0.25, 0.3) is 0 Å². The fourth-order valence-electron chi connectivity index (χ4n) is 1.43. The minimum atomic E-state index is 0.0709. The standard InChI is InChI=1S/C12H18ClNO2/c1-8(2)16-12-10(13)5-9(7-14-3)6-11(12)15-4/h5-6,8,14H,7H2,1-4H3. The van der Waals surface area contributed by atoms with Gasteiger partial charge >= 0.3 is 0 Å². The summed E-state index contributed by atoms with van der Waals surface area (Å²) in [6, 6.07) is 3.82. The Balaban J connectivity index is 3.07. The van der Waals surface area contributed by atoms with E-state index >= 15 is 0 Å². The van der Waals surface area contributed by atoms with Gasteiger partial charge in [-0.1, -0.05) is 11.6 Å². The predicted octanol–water partition coefficient (Wildman–Crippen LogP) is 2.86. The fraction of sp³-hybridized carbons (Fsp3) is 0.500. The lowest BCUT2D eigenvalue weighted by molar-refractivity contribution is 0.230. The minimum Gasteiger partial charge on any atom is -0.493 e. The van der Waals surface area contributed by atoms with Crippen molar-refractivity contribution in [3.63, 3.8) is 0 Å². The highest BCUT2D eigenvalue weighted by atomic mass is 35.5. The molecule has 0 fully saturated rings. The average molecular weight is 244 g/mol. The normalized spacial score (nSPS) is 10.6. The van der Waals surface area contributed by atoms with Crippen LogP contribution in [0.1, 0.15) is 19.4 Å². The summed E-state index contributed by atoms with van der Waals surface area (Å²) in [4.78, 5) is 0. The molecular weight excluding hydrogens is 226 g/mol. The van der Waals surface area contributed by atoms with Gasteiger partial charge in [0, 0.05) is 6.54 Å². The van der Waals surface area contributed by atoms with Gasteiger partial charge in [0.05, 0.1) is 18.2 Å². The number of rotatable bonds is 5. The van der Waals surface area contributed by atoms with Crippen LogP contribution in [-0.4, -0.2) is 20.3 Å². The Hall–Kier alpha value is -0.930. The maximum atomic E-state index is 6.16. The number of methoxy groups -OCH3 is 1. The zero-order valence-corrected chi connectivity index (χ0v) is 10.9. The highest BCUT2D eigenvalue weighted by molar-refractivity contribution is 6.32. The van der Waals surface area contributed by atoms with Crippen LogP contribution in [0.3, 0.4) is 0 Å². The van der Waals surface area contributed by atoms with Crippen molar-refractivity contribution in [1.82, 2.24) is 5.32 Å². The van der Waals surface area contributed by atoms with Gasteiger partial charge in [0.15, 0.2) is 11.5 Å². The van der Waals surface area contributed by atoms with Gasteiger partial charge < -0.3 is 14.8 Å². The van der Waals surface area contributed by atoms with Crippen LogP contribution in [0.4, 0.5) is 0 Å². The van der Waals surface area contributed by atoms with Crippen molar-refractivity contribution in [2.24, 2.45) is 0 Å². The molecule has 1 aromatic carbocycles. The van der Waals surface area contributed by atoms with Crippen LogP contribution in [0, 0.1) is 0 Å². The van der Waals surface area contributed by atoms with E-state index in [4.69, 9.17) is 21.1 Å². The van der Waals surface area contributed by atoms with Crippen molar-refractivity contribution in [2.75, 3.05) is 14.2 Å². The number of ether oxygens (including phenoxy) is 2. The maximum Gasteiger partial charge on any atom is 0.180 e. The lowest BCUT2D eigenvalue weighted by atomic mass is 10.2. The molecule has 1 N–H and O–H groups in total. The first-order valence-corrected chi connectivity index (χ1v) is 5.64. The Morgan fingerprint density at radius 2 is 2.06 bits per heavy atom. The SMILES string of the molecule is CNCc1cc(Cl)c(OC(C)C)c(OC)c1. The number of benzene rings is 1. The molecule has 0 saturated carbocycles. The van der Waals surface area contributed by atoms with E-state index in [1.165, 1.54) is 0 Å². The molecule has 0 amide bonds. The Bertz CT molecular complexity index is 353. The summed E-state index contributed by atoms with van der Waals surface area (Å²) in [6.07, 6.45) is 0.0709. The molecule has 0 aliphatic heterocycles. The molecule has 16 heavy (non-hydrogen) atoms. The first-order valence-electron chi connectivity index (χ1n) is 5.26. The Morgan fingerprint density at radius 3 is 2.56 bits per heavy atom. The van der Waals surface area contributed by atoms with Gasteiger partial charge in [0.2, 0.25) is 0 Å². The van der Waals surface area contributed by atoms with Gasteiger partial charge in [-0.25, -0.2) is 0 Å². The molecule has 4 heteroatoms. The second-order valence-electron chi connectivity index (χ2n) is 3.81. The lowest BCUT2D eigenvalue weighted by Gasteiger charge is -2.16. The van der Waals surface area contributed by atoms with Crippen molar-refractivity contribution >= 4 is 11.6 Å². The van der Waals surface area contributed by atoms with Crippen molar-refractivity contribution in [3.05, 3.63) is 22.7 Å². The maximum absolute atomic E-state index is 6.16. The van der Waals surface area contributed by atoms with Crippen LogP contribution in [0.5, 0.6) is 11.5 Å². The zero-order chi connectivity index (χ0) is 12.1. The number of halogens is 1. The second kappa shape index (κ2) is 5.97. The molecule has 0 atom stereocenters. The van der Waals surface area contributed by atoms with Crippen LogP contribution in [0.15, 0.2) is 12.1 Å². The van der Waals surface area contributed by atoms with Gasteiger partial charge in [-0.2, -0.15) is 0 Å². The lowest BCUT2D eigenvalue weighted by Crippen LogP contribution is -2.09. The minimum absolute atomic E-state index is 0.0709. The van der Waals surface area contributed by atoms with Crippen LogP contribution in [0.2, 0.25) is 5.02 Å². The smallest absolute Gasteiger partial charge is 0.180 e. The summed E-state index contributed by atoms with van der Waals surface area (Å²) in [7, 11) is 3.50. The third kappa shape index (κ3) is 3.29. The molecule has 0 saturated heterocycles. The topological polar surface area (TPSA) is 30.5 Å². The van der Waals surface area contributed by atoms with Crippen LogP contribution in [-0.2, 0) is 6.54 Å². The Labute approximate surface area is 102 Å². The van der Waals surface area contributed by atoms with Gasteiger partial charge in [-0.05, 0) is 38.6 Å². The first kappa shape index (κ1) is 13.1. The van der Waals surface area contributed by atoms with E-state index in [1.54, 1.807) is 7.11 Å². The highest BCUT2D eigenvalue weighted by Gasteiger charge is 2.12. The molecule has 0 radical (unpaired) electrons. The third-order valence-corrected chi connectivity index (χ3v) is 2.30. The summed E-state index contributed by atoms with van der Waals surface area (Å²) in [5.41, 5.74) is 1.07. The van der Waals surface area contributed by atoms with E-state index in [0.29, 0.717) is 16.5 Å². The largest absolute Gasteiger partial charge is 0.493 e. The zero-order valence-electron chi connectivity index (χ0n) is 10.1. The van der Waals surface area contributed by atoms with E-state index in [2.05, 4.69) is 5.32 Å². The highest BCUT2D eigenvalue weighted by Crippen LogP contribution is 2.37. The summed E-state index contributed by atoms with van der Waals surface area (Å²) in [5, 5.41) is 3.65. The van der Waals surface area contributed by atoms with Crippen molar-refractivity contribution < 1.29 is 9.47 Å². The molecular formula is C12H18ClNO2. The summed E-state index contributed by atoms with van der Waals surface area (Å²) >= 11 is 6.16. The van der Waals surface area contributed by atoms with Crippen LogP contribution < -0.4 is 14.8 Å². The fourth-order valence-corrected chi connectivity index (χ4v) is 1.71. The second-order valence-corrected chi connectivity index (χ2v) is 4.21. The molecule has 1 aromatic rings. The van der Waals surface area contributed by atoms with Crippen LogP contribution >= 0.6 is 11.6 Å². The monoisotopic (exact) mass is 243 g/mol. The first-order chi connectivity index (χ1) is 7.58. The molecule has 0 spiro atoms. The quantitative estimate of drug-likeness (QED) is 0.863. The van der Waals surface area contributed by atoms with E-state index < -0.39 is 0 Å². The van der Waals surface area contributed by atoms with E-state index in [9.17, 15) is 0 Å².